The molecule has 1 heterocycles. The lowest BCUT2D eigenvalue weighted by Gasteiger charge is -2.05. The third kappa shape index (κ3) is 1.70. The molecule has 0 atom stereocenters. The van der Waals surface area contributed by atoms with E-state index in [1.165, 1.54) is 0 Å². The first-order valence-electron chi connectivity index (χ1n) is 4.78. The summed E-state index contributed by atoms with van der Waals surface area (Å²) in [5.41, 5.74) is 6.65. The summed E-state index contributed by atoms with van der Waals surface area (Å²) in [6.45, 7) is 4.16. The van der Waals surface area contributed by atoms with Gasteiger partial charge in [-0.05, 0) is 23.6 Å². The Morgan fingerprint density at radius 2 is 2.13 bits per heavy atom. The van der Waals surface area contributed by atoms with Gasteiger partial charge < -0.3 is 10.2 Å². The van der Waals surface area contributed by atoms with E-state index in [-0.39, 0.29) is 6.01 Å². The summed E-state index contributed by atoms with van der Waals surface area (Å²) in [6.07, 6.45) is 0. The molecule has 1 aromatic heterocycles. The SMILES string of the molecule is CC(C)c1ccc2c(=O)oc(N)nc2c1. The zero-order valence-corrected chi connectivity index (χ0v) is 8.65. The van der Waals surface area contributed by atoms with Crippen molar-refractivity contribution in [3.63, 3.8) is 0 Å². The van der Waals surface area contributed by atoms with Gasteiger partial charge in [0.1, 0.15) is 0 Å². The number of nitrogen functional groups attached to an aromatic ring is 1. The van der Waals surface area contributed by atoms with Crippen LogP contribution in [0.3, 0.4) is 0 Å². The Hall–Kier alpha value is -1.84. The van der Waals surface area contributed by atoms with E-state index in [9.17, 15) is 4.79 Å². The summed E-state index contributed by atoms with van der Waals surface area (Å²) >= 11 is 0. The van der Waals surface area contributed by atoms with E-state index in [4.69, 9.17) is 10.2 Å². The molecule has 0 saturated carbocycles. The van der Waals surface area contributed by atoms with Gasteiger partial charge in [-0.3, -0.25) is 0 Å². The third-order valence-corrected chi connectivity index (χ3v) is 2.34. The summed E-state index contributed by atoms with van der Waals surface area (Å²) in [7, 11) is 0. The normalized spacial score (nSPS) is 11.1. The standard InChI is InChI=1S/C11H12N2O2/c1-6(2)7-3-4-8-9(5-7)13-11(12)15-10(8)14/h3-6H,1-2H3,(H2,12,13). The van der Waals surface area contributed by atoms with E-state index in [0.717, 1.165) is 5.56 Å². The fourth-order valence-corrected chi connectivity index (χ4v) is 1.46. The highest BCUT2D eigenvalue weighted by atomic mass is 16.4. The number of anilines is 1. The molecule has 0 spiro atoms. The summed E-state index contributed by atoms with van der Waals surface area (Å²) in [5.74, 6) is 0.393. The molecule has 0 fully saturated rings. The van der Waals surface area contributed by atoms with Crippen LogP contribution in [-0.2, 0) is 0 Å². The minimum Gasteiger partial charge on any atom is -0.389 e. The average Bonchev–Trinajstić information content (AvgIpc) is 2.16. The molecule has 0 unspecified atom stereocenters. The number of hydrogen-bond donors (Lipinski definition) is 1. The van der Waals surface area contributed by atoms with Crippen LogP contribution in [0.5, 0.6) is 0 Å². The Bertz CT molecular complexity index is 558. The lowest BCUT2D eigenvalue weighted by atomic mass is 10.0. The maximum atomic E-state index is 11.4. The Morgan fingerprint density at radius 3 is 2.80 bits per heavy atom. The maximum Gasteiger partial charge on any atom is 0.348 e. The van der Waals surface area contributed by atoms with Crippen LogP contribution >= 0.6 is 0 Å². The number of nitrogens with two attached hydrogens (primary N) is 1. The predicted octanol–water partition coefficient (Wildman–Crippen LogP) is 1.89. The van der Waals surface area contributed by atoms with Gasteiger partial charge in [-0.1, -0.05) is 19.9 Å². The largest absolute Gasteiger partial charge is 0.389 e. The number of hydrogen-bond acceptors (Lipinski definition) is 4. The van der Waals surface area contributed by atoms with E-state index >= 15 is 0 Å². The zero-order valence-electron chi connectivity index (χ0n) is 8.65. The average molecular weight is 204 g/mol. The number of nitrogens with zero attached hydrogens (tertiary/aromatic N) is 1. The van der Waals surface area contributed by atoms with Crippen LogP contribution in [0.2, 0.25) is 0 Å². The second-order valence-corrected chi connectivity index (χ2v) is 3.77. The molecule has 0 aliphatic rings. The molecule has 78 valence electrons. The van der Waals surface area contributed by atoms with Crippen LogP contribution in [0.1, 0.15) is 25.3 Å². The van der Waals surface area contributed by atoms with E-state index in [0.29, 0.717) is 16.8 Å². The third-order valence-electron chi connectivity index (χ3n) is 2.34. The van der Waals surface area contributed by atoms with Gasteiger partial charge in [-0.15, -0.1) is 0 Å². The minimum absolute atomic E-state index is 0.0894. The molecule has 4 heteroatoms. The maximum absolute atomic E-state index is 11.4. The monoisotopic (exact) mass is 204 g/mol. The second kappa shape index (κ2) is 3.38. The Kier molecular flexibility index (Phi) is 2.19. The zero-order chi connectivity index (χ0) is 11.0. The van der Waals surface area contributed by atoms with E-state index in [1.807, 2.05) is 12.1 Å². The van der Waals surface area contributed by atoms with Gasteiger partial charge in [0.2, 0.25) is 0 Å². The van der Waals surface area contributed by atoms with Crippen LogP contribution in [0.4, 0.5) is 6.01 Å². The van der Waals surface area contributed by atoms with Gasteiger partial charge in [-0.2, -0.15) is 4.98 Å². The van der Waals surface area contributed by atoms with Crippen molar-refractivity contribution in [2.45, 2.75) is 19.8 Å². The first-order chi connectivity index (χ1) is 7.08. The molecular weight excluding hydrogens is 192 g/mol. The molecule has 0 aliphatic carbocycles. The predicted molar refractivity (Wildman–Crippen MR) is 58.8 cm³/mol. The van der Waals surface area contributed by atoms with Gasteiger partial charge in [0.05, 0.1) is 10.9 Å². The number of benzene rings is 1. The second-order valence-electron chi connectivity index (χ2n) is 3.77. The fraction of sp³-hybridized carbons (Fsp3) is 0.273. The van der Waals surface area contributed by atoms with Crippen molar-refractivity contribution in [3.8, 4) is 0 Å². The van der Waals surface area contributed by atoms with Crippen molar-refractivity contribution in [2.75, 3.05) is 5.73 Å². The summed E-state index contributed by atoms with van der Waals surface area (Å²) in [4.78, 5) is 15.4. The summed E-state index contributed by atoms with van der Waals surface area (Å²) < 4.78 is 4.70. The van der Waals surface area contributed by atoms with E-state index in [1.54, 1.807) is 6.07 Å². The molecule has 4 nitrogen and oxygen atoms in total. The minimum atomic E-state index is -0.437. The van der Waals surface area contributed by atoms with Crippen LogP contribution in [0, 0.1) is 0 Å². The molecule has 0 aliphatic heterocycles. The first-order valence-corrected chi connectivity index (χ1v) is 4.78. The van der Waals surface area contributed by atoms with Crippen molar-refractivity contribution in [1.82, 2.24) is 4.98 Å². The van der Waals surface area contributed by atoms with Crippen LogP contribution in [0.15, 0.2) is 27.4 Å². The summed E-state index contributed by atoms with van der Waals surface area (Å²) in [6, 6.07) is 5.41. The molecular formula is C11H12N2O2. The van der Waals surface area contributed by atoms with Crippen LogP contribution in [-0.4, -0.2) is 4.98 Å². The quantitative estimate of drug-likeness (QED) is 0.770. The van der Waals surface area contributed by atoms with Gasteiger partial charge in [0.15, 0.2) is 0 Å². The smallest absolute Gasteiger partial charge is 0.348 e. The highest BCUT2D eigenvalue weighted by Crippen LogP contribution is 2.18. The number of aromatic nitrogens is 1. The molecule has 2 N–H and O–H groups in total. The van der Waals surface area contributed by atoms with Crippen molar-refractivity contribution < 1.29 is 4.42 Å². The lowest BCUT2D eigenvalue weighted by Crippen LogP contribution is -2.05. The molecule has 1 aromatic carbocycles. The Balaban J connectivity index is 2.77. The lowest BCUT2D eigenvalue weighted by molar-refractivity contribution is 0.524. The fourth-order valence-electron chi connectivity index (χ4n) is 1.46. The van der Waals surface area contributed by atoms with Crippen molar-refractivity contribution in [1.29, 1.82) is 0 Å². The van der Waals surface area contributed by atoms with E-state index < -0.39 is 5.63 Å². The molecule has 15 heavy (non-hydrogen) atoms. The van der Waals surface area contributed by atoms with Crippen molar-refractivity contribution in [2.24, 2.45) is 0 Å². The summed E-state index contributed by atoms with van der Waals surface area (Å²) in [5, 5.41) is 0.466. The van der Waals surface area contributed by atoms with Gasteiger partial charge in [0.25, 0.3) is 6.01 Å². The number of rotatable bonds is 1. The highest BCUT2D eigenvalue weighted by Gasteiger charge is 2.06. The van der Waals surface area contributed by atoms with Crippen molar-refractivity contribution in [3.05, 3.63) is 34.2 Å². The van der Waals surface area contributed by atoms with Crippen LogP contribution in [0.25, 0.3) is 10.9 Å². The molecule has 0 bridgehead atoms. The van der Waals surface area contributed by atoms with Crippen LogP contribution < -0.4 is 11.4 Å². The topological polar surface area (TPSA) is 69.1 Å². The highest BCUT2D eigenvalue weighted by molar-refractivity contribution is 5.78. The van der Waals surface area contributed by atoms with Crippen molar-refractivity contribution >= 4 is 16.9 Å². The Labute approximate surface area is 86.7 Å². The first kappa shape index (κ1) is 9.71. The molecule has 0 radical (unpaired) electrons. The molecule has 0 amide bonds. The van der Waals surface area contributed by atoms with Gasteiger partial charge in [0, 0.05) is 0 Å². The molecule has 0 saturated heterocycles. The van der Waals surface area contributed by atoms with E-state index in [2.05, 4.69) is 18.8 Å². The molecule has 2 aromatic rings. The Morgan fingerprint density at radius 1 is 1.40 bits per heavy atom. The number of fused-ring (bicyclic) bond motifs is 1. The molecule has 2 rings (SSSR count). The van der Waals surface area contributed by atoms with Gasteiger partial charge >= 0.3 is 5.63 Å². The van der Waals surface area contributed by atoms with Gasteiger partial charge in [-0.25, -0.2) is 4.79 Å².